The van der Waals surface area contributed by atoms with Gasteiger partial charge in [0.15, 0.2) is 5.11 Å². The zero-order chi connectivity index (χ0) is 18.4. The van der Waals surface area contributed by atoms with Crippen molar-refractivity contribution in [1.29, 1.82) is 0 Å². The van der Waals surface area contributed by atoms with Gasteiger partial charge in [-0.3, -0.25) is 20.2 Å². The van der Waals surface area contributed by atoms with Gasteiger partial charge in [0.05, 0.1) is 15.6 Å². The molecule has 6 nitrogen and oxygen atoms in total. The molecule has 0 saturated heterocycles. The number of nitro groups is 1. The molecule has 0 aromatic heterocycles. The summed E-state index contributed by atoms with van der Waals surface area (Å²) in [6.45, 7) is 0. The number of nitro benzene ring substituents is 1. The van der Waals surface area contributed by atoms with Crippen molar-refractivity contribution in [1.82, 2.24) is 5.32 Å². The molecule has 2 N–H and O–H groups in total. The second-order valence-electron chi connectivity index (χ2n) is 4.72. The molecular formula is C16H11Cl2N3O3S. The molecule has 0 aliphatic rings. The Kier molecular flexibility index (Phi) is 6.46. The Morgan fingerprint density at radius 2 is 1.88 bits per heavy atom. The van der Waals surface area contributed by atoms with Crippen molar-refractivity contribution in [2.45, 2.75) is 0 Å². The van der Waals surface area contributed by atoms with Crippen LogP contribution in [0.15, 0.2) is 48.5 Å². The first-order valence-electron chi connectivity index (χ1n) is 6.85. The van der Waals surface area contributed by atoms with Crippen LogP contribution < -0.4 is 10.6 Å². The van der Waals surface area contributed by atoms with Gasteiger partial charge in [0, 0.05) is 23.2 Å². The third kappa shape index (κ3) is 5.53. The average molecular weight is 396 g/mol. The number of hydrogen-bond acceptors (Lipinski definition) is 4. The van der Waals surface area contributed by atoms with Crippen molar-refractivity contribution in [3.63, 3.8) is 0 Å². The Morgan fingerprint density at radius 3 is 2.52 bits per heavy atom. The minimum atomic E-state index is -0.560. The molecule has 0 aliphatic heterocycles. The lowest BCUT2D eigenvalue weighted by atomic mass is 10.2. The van der Waals surface area contributed by atoms with Gasteiger partial charge in [-0.25, -0.2) is 0 Å². The van der Waals surface area contributed by atoms with Gasteiger partial charge in [0.25, 0.3) is 5.69 Å². The predicted molar refractivity (Wildman–Crippen MR) is 103 cm³/mol. The lowest BCUT2D eigenvalue weighted by molar-refractivity contribution is -0.384. The summed E-state index contributed by atoms with van der Waals surface area (Å²) >= 11 is 17.0. The third-order valence-electron chi connectivity index (χ3n) is 2.97. The molecule has 0 heterocycles. The predicted octanol–water partition coefficient (Wildman–Crippen LogP) is 4.43. The van der Waals surface area contributed by atoms with Crippen molar-refractivity contribution < 1.29 is 9.72 Å². The lowest BCUT2D eigenvalue weighted by Gasteiger charge is -2.09. The maximum atomic E-state index is 11.9. The number of carbonyl (C=O) groups excluding carboxylic acids is 1. The van der Waals surface area contributed by atoms with E-state index in [0.717, 1.165) is 0 Å². The first-order chi connectivity index (χ1) is 11.9. The molecule has 2 rings (SSSR count). The number of amides is 1. The van der Waals surface area contributed by atoms with Gasteiger partial charge in [-0.05, 0) is 36.0 Å². The number of hydrogen-bond donors (Lipinski definition) is 2. The summed E-state index contributed by atoms with van der Waals surface area (Å²) in [5, 5.41) is 16.4. The van der Waals surface area contributed by atoms with E-state index in [9.17, 15) is 14.9 Å². The highest BCUT2D eigenvalue weighted by Gasteiger charge is 2.11. The molecule has 0 saturated carbocycles. The summed E-state index contributed by atoms with van der Waals surface area (Å²) in [6.07, 6.45) is 2.84. The zero-order valence-electron chi connectivity index (χ0n) is 12.5. The fraction of sp³-hybridized carbons (Fsp3) is 0. The van der Waals surface area contributed by atoms with Crippen molar-refractivity contribution >= 4 is 63.9 Å². The highest BCUT2D eigenvalue weighted by atomic mass is 35.5. The maximum absolute atomic E-state index is 11.9. The molecule has 2 aromatic carbocycles. The van der Waals surface area contributed by atoms with E-state index in [1.54, 1.807) is 30.3 Å². The van der Waals surface area contributed by atoms with Crippen molar-refractivity contribution in [2.24, 2.45) is 0 Å². The molecule has 0 aliphatic carbocycles. The SMILES string of the molecule is O=C(C=Cc1ccccc1Cl)NC(=S)Nc1ccc([N+](=O)[O-])cc1Cl. The molecule has 128 valence electrons. The Morgan fingerprint density at radius 1 is 1.16 bits per heavy atom. The van der Waals surface area contributed by atoms with Gasteiger partial charge in [0.1, 0.15) is 0 Å². The normalized spacial score (nSPS) is 10.5. The Hall–Kier alpha value is -2.48. The van der Waals surface area contributed by atoms with E-state index in [1.165, 1.54) is 24.3 Å². The minimum absolute atomic E-state index is 0.00422. The molecule has 25 heavy (non-hydrogen) atoms. The van der Waals surface area contributed by atoms with Crippen LogP contribution in [0, 0.1) is 10.1 Å². The maximum Gasteiger partial charge on any atom is 0.271 e. The third-order valence-corrected chi connectivity index (χ3v) is 3.83. The topological polar surface area (TPSA) is 84.3 Å². The van der Waals surface area contributed by atoms with Gasteiger partial charge in [-0.15, -0.1) is 0 Å². The number of halogens is 2. The van der Waals surface area contributed by atoms with E-state index in [-0.39, 0.29) is 15.8 Å². The number of anilines is 1. The molecular weight excluding hydrogens is 385 g/mol. The van der Waals surface area contributed by atoms with Crippen LogP contribution in [-0.4, -0.2) is 15.9 Å². The van der Waals surface area contributed by atoms with E-state index in [1.807, 2.05) is 0 Å². The van der Waals surface area contributed by atoms with E-state index in [4.69, 9.17) is 35.4 Å². The van der Waals surface area contributed by atoms with E-state index >= 15 is 0 Å². The second kappa shape index (κ2) is 8.57. The van der Waals surface area contributed by atoms with E-state index < -0.39 is 10.8 Å². The second-order valence-corrected chi connectivity index (χ2v) is 5.94. The fourth-order valence-electron chi connectivity index (χ4n) is 1.80. The van der Waals surface area contributed by atoms with Crippen molar-refractivity contribution in [2.75, 3.05) is 5.32 Å². The van der Waals surface area contributed by atoms with Crippen LogP contribution in [0.2, 0.25) is 10.0 Å². The summed E-state index contributed by atoms with van der Waals surface area (Å²) in [5.74, 6) is -0.463. The van der Waals surface area contributed by atoms with Crippen LogP contribution in [0.4, 0.5) is 11.4 Å². The van der Waals surface area contributed by atoms with Gasteiger partial charge in [0.2, 0.25) is 5.91 Å². The van der Waals surface area contributed by atoms with Crippen molar-refractivity contribution in [3.8, 4) is 0 Å². The minimum Gasteiger partial charge on any atom is -0.331 e. The molecule has 0 radical (unpaired) electrons. The highest BCUT2D eigenvalue weighted by Crippen LogP contribution is 2.26. The monoisotopic (exact) mass is 395 g/mol. The quantitative estimate of drug-likeness (QED) is 0.346. The number of thiocarbonyl (C=S) groups is 1. The first kappa shape index (κ1) is 18.9. The van der Waals surface area contributed by atoms with Gasteiger partial charge in [-0.2, -0.15) is 0 Å². The molecule has 0 atom stereocenters. The zero-order valence-corrected chi connectivity index (χ0v) is 14.9. The largest absolute Gasteiger partial charge is 0.331 e. The summed E-state index contributed by atoms with van der Waals surface area (Å²) in [4.78, 5) is 22.0. The number of nitrogens with one attached hydrogen (secondary N) is 2. The van der Waals surface area contributed by atoms with Crippen LogP contribution >= 0.6 is 35.4 Å². The molecule has 0 spiro atoms. The van der Waals surface area contributed by atoms with Crippen LogP contribution in [0.5, 0.6) is 0 Å². The summed E-state index contributed by atoms with van der Waals surface area (Å²) < 4.78 is 0. The smallest absolute Gasteiger partial charge is 0.271 e. The first-order valence-corrected chi connectivity index (χ1v) is 8.02. The Balaban J connectivity index is 1.97. The summed E-state index contributed by atoms with van der Waals surface area (Å²) in [7, 11) is 0. The molecule has 0 bridgehead atoms. The number of carbonyl (C=O) groups is 1. The number of rotatable bonds is 4. The summed E-state index contributed by atoms with van der Waals surface area (Å²) in [5.41, 5.74) is 0.887. The summed E-state index contributed by atoms with van der Waals surface area (Å²) in [6, 6.07) is 10.9. The molecule has 0 fully saturated rings. The molecule has 0 unspecified atom stereocenters. The fourth-order valence-corrected chi connectivity index (χ4v) is 2.43. The van der Waals surface area contributed by atoms with Crippen LogP contribution in [0.1, 0.15) is 5.56 Å². The van der Waals surface area contributed by atoms with Crippen LogP contribution in [0.25, 0.3) is 6.08 Å². The lowest BCUT2D eigenvalue weighted by Crippen LogP contribution is -2.32. The van der Waals surface area contributed by atoms with E-state index in [0.29, 0.717) is 16.3 Å². The van der Waals surface area contributed by atoms with E-state index in [2.05, 4.69) is 10.6 Å². The van der Waals surface area contributed by atoms with Crippen LogP contribution in [-0.2, 0) is 4.79 Å². The molecule has 2 aromatic rings. The highest BCUT2D eigenvalue weighted by molar-refractivity contribution is 7.80. The number of nitrogens with zero attached hydrogens (tertiary/aromatic N) is 1. The molecule has 1 amide bonds. The van der Waals surface area contributed by atoms with Gasteiger partial charge in [-0.1, -0.05) is 41.4 Å². The van der Waals surface area contributed by atoms with Crippen molar-refractivity contribution in [3.05, 3.63) is 74.3 Å². The molecule has 9 heteroatoms. The van der Waals surface area contributed by atoms with Gasteiger partial charge >= 0.3 is 0 Å². The Labute approximate surface area is 158 Å². The standard InChI is InChI=1S/C16H11Cl2N3O3S/c17-12-4-2-1-3-10(12)5-8-15(22)20-16(25)19-14-7-6-11(21(23)24)9-13(14)18/h1-9H,(H2,19,20,22,25). The number of benzene rings is 2. The Bertz CT molecular complexity index is 871. The number of non-ortho nitro benzene ring substituents is 1. The van der Waals surface area contributed by atoms with Gasteiger partial charge < -0.3 is 5.32 Å². The van der Waals surface area contributed by atoms with Crippen LogP contribution in [0.3, 0.4) is 0 Å². The average Bonchev–Trinajstić information content (AvgIpc) is 2.55.